The number of amides is 1. The number of cyclic esters (lactones) is 1. The molecule has 13 heteroatoms. The molecule has 1 aliphatic carbocycles. The number of rotatable bonds is 6. The Kier molecular flexibility index (Phi) is 6.91. The molecule has 2 aromatic rings. The van der Waals surface area contributed by atoms with Crippen molar-refractivity contribution < 1.29 is 32.2 Å². The lowest BCUT2D eigenvalue weighted by molar-refractivity contribution is -0.171. The number of anilines is 1. The summed E-state index contributed by atoms with van der Waals surface area (Å²) < 4.78 is 50.9. The second kappa shape index (κ2) is 10.4. The number of carbonyl (C=O) groups excluding carboxylic acids is 2. The molecule has 7 rings (SSSR count). The number of aryl methyl sites for hydroxylation is 1. The van der Waals surface area contributed by atoms with Gasteiger partial charge in [-0.1, -0.05) is 11.6 Å². The number of benzene rings is 1. The van der Waals surface area contributed by atoms with Gasteiger partial charge in [-0.05, 0) is 68.6 Å². The van der Waals surface area contributed by atoms with Crippen LogP contribution in [0.15, 0.2) is 28.9 Å². The van der Waals surface area contributed by atoms with Crippen LogP contribution in [0.25, 0.3) is 5.57 Å². The highest BCUT2D eigenvalue weighted by Gasteiger charge is 2.57. The van der Waals surface area contributed by atoms with Crippen molar-refractivity contribution >= 4 is 58.3 Å². The van der Waals surface area contributed by atoms with E-state index in [4.69, 9.17) is 21.1 Å². The summed E-state index contributed by atoms with van der Waals surface area (Å²) in [4.78, 5) is 34.4. The van der Waals surface area contributed by atoms with Crippen molar-refractivity contribution in [1.82, 2.24) is 9.80 Å². The molecule has 0 bridgehead atoms. The van der Waals surface area contributed by atoms with Gasteiger partial charge in [0.25, 0.3) is 6.47 Å². The number of thiophene rings is 1. The summed E-state index contributed by atoms with van der Waals surface area (Å²) >= 11 is 7.94. The van der Waals surface area contributed by atoms with Gasteiger partial charge in [0.15, 0.2) is 6.04 Å². The zero-order valence-electron chi connectivity index (χ0n) is 23.2. The predicted molar refractivity (Wildman–Crippen MR) is 155 cm³/mol. The zero-order valence-corrected chi connectivity index (χ0v) is 24.8. The number of hydrogen-bond donors (Lipinski definition) is 0. The van der Waals surface area contributed by atoms with Crippen molar-refractivity contribution in [3.8, 4) is 0 Å². The summed E-state index contributed by atoms with van der Waals surface area (Å²) in [5.74, 6) is 2.85. The predicted octanol–water partition coefficient (Wildman–Crippen LogP) is 5.72. The standard InChI is InChI=1S/C30H28ClF3N4O4S/c1-36-13-19(12-29(36)6-4-25(29)42-16-39)37-8-2-3-17-9-18(31)10-22(26(17)37)21-5-7-35-23-11-20(43-27(21)23)14-38-24(30(32,33)34)15-41-28(38)40/h9-11,16,19,24-25H,2-4,6,8,12-15H2,1H3/t19-,24+,25?,29?/m0/s1. The van der Waals surface area contributed by atoms with Crippen molar-refractivity contribution in [3.05, 3.63) is 49.8 Å². The Balaban J connectivity index is 1.23. The Hall–Kier alpha value is -3.27. The van der Waals surface area contributed by atoms with Crippen LogP contribution in [0.1, 0.15) is 46.6 Å². The third-order valence-electron chi connectivity index (χ3n) is 9.52. The molecule has 1 aromatic carbocycles. The fourth-order valence-corrected chi connectivity index (χ4v) is 8.73. The highest BCUT2D eigenvalue weighted by Crippen LogP contribution is 2.51. The maximum Gasteiger partial charge on any atom is 0.412 e. The van der Waals surface area contributed by atoms with Crippen molar-refractivity contribution in [2.24, 2.45) is 4.99 Å². The number of nitrogens with zero attached hydrogens (tertiary/aromatic N) is 4. The van der Waals surface area contributed by atoms with Gasteiger partial charge in [-0.3, -0.25) is 14.6 Å². The van der Waals surface area contributed by atoms with Crippen molar-refractivity contribution in [3.63, 3.8) is 0 Å². The van der Waals surface area contributed by atoms with Gasteiger partial charge in [0.1, 0.15) is 12.7 Å². The van der Waals surface area contributed by atoms with E-state index in [2.05, 4.69) is 33.4 Å². The molecule has 8 nitrogen and oxygen atoms in total. The fraction of sp³-hybridized carbons (Fsp3) is 0.500. The third kappa shape index (κ3) is 4.67. The van der Waals surface area contributed by atoms with Crippen LogP contribution in [-0.4, -0.2) is 84.9 Å². The van der Waals surface area contributed by atoms with E-state index < -0.39 is 24.9 Å². The second-order valence-electron chi connectivity index (χ2n) is 11.8. The quantitative estimate of drug-likeness (QED) is 0.256. The fourth-order valence-electron chi connectivity index (χ4n) is 7.38. The van der Waals surface area contributed by atoms with Crippen LogP contribution in [0.4, 0.5) is 29.3 Å². The van der Waals surface area contributed by atoms with Crippen LogP contribution in [0.5, 0.6) is 0 Å². The minimum absolute atomic E-state index is 0.119. The van der Waals surface area contributed by atoms with E-state index in [-0.39, 0.29) is 24.2 Å². The summed E-state index contributed by atoms with van der Waals surface area (Å²) in [5, 5.41) is 0.581. The molecule has 5 aliphatic rings. The van der Waals surface area contributed by atoms with Crippen LogP contribution in [0.2, 0.25) is 5.02 Å². The average molecular weight is 633 g/mol. The van der Waals surface area contributed by atoms with Crippen molar-refractivity contribution in [2.75, 3.05) is 31.6 Å². The van der Waals surface area contributed by atoms with Crippen LogP contribution in [0.3, 0.4) is 0 Å². The molecule has 0 N–H and O–H groups in total. The Labute approximate surface area is 255 Å². The van der Waals surface area contributed by atoms with Crippen LogP contribution >= 0.6 is 22.9 Å². The summed E-state index contributed by atoms with van der Waals surface area (Å²) in [7, 11) is 2.09. The molecule has 1 amide bonds. The van der Waals surface area contributed by atoms with Crippen LogP contribution < -0.4 is 4.90 Å². The third-order valence-corrected chi connectivity index (χ3v) is 10.9. The van der Waals surface area contributed by atoms with Gasteiger partial charge < -0.3 is 14.4 Å². The number of ether oxygens (including phenoxy) is 2. The number of halogens is 4. The molecule has 1 spiro atoms. The van der Waals surface area contributed by atoms with E-state index in [0.717, 1.165) is 77.4 Å². The molecular weight excluding hydrogens is 605 g/mol. The SMILES string of the molecule is CN1C[C@@H](N2CCCc3cc(Cl)cc(C4=C=C=Nc5cc(CN6C(=O)OC[C@@H]6C(F)(F)F)sc54)c32)CC12CCC2OC=O. The van der Waals surface area contributed by atoms with Gasteiger partial charge in [-0.2, -0.15) is 18.2 Å². The first kappa shape index (κ1) is 28.5. The number of hydrogen-bond acceptors (Lipinski definition) is 8. The maximum absolute atomic E-state index is 13.6. The van der Waals surface area contributed by atoms with Crippen LogP contribution in [-0.2, 0) is 27.2 Å². The summed E-state index contributed by atoms with van der Waals surface area (Å²) in [6.07, 6.45) is -1.20. The molecule has 1 saturated carbocycles. The smallest absolute Gasteiger partial charge is 0.412 e. The molecule has 2 unspecified atom stereocenters. The lowest BCUT2D eigenvalue weighted by Crippen LogP contribution is -2.59. The van der Waals surface area contributed by atoms with Crippen LogP contribution in [0, 0.1) is 0 Å². The number of alkyl halides is 3. The zero-order chi connectivity index (χ0) is 30.1. The lowest BCUT2D eigenvalue weighted by atomic mass is 9.71. The summed E-state index contributed by atoms with van der Waals surface area (Å²) in [6, 6.07) is 3.79. The molecule has 4 aliphatic heterocycles. The van der Waals surface area contributed by atoms with E-state index in [1.165, 1.54) is 11.3 Å². The number of aliphatic imine (C=N–C) groups is 1. The minimum Gasteiger partial charge on any atom is -0.463 e. The van der Waals surface area contributed by atoms with Gasteiger partial charge in [-0.15, -0.1) is 11.3 Å². The van der Waals surface area contributed by atoms with Gasteiger partial charge in [0, 0.05) is 46.2 Å². The summed E-state index contributed by atoms with van der Waals surface area (Å²) in [5.41, 5.74) is 7.32. The van der Waals surface area contributed by atoms with Crippen molar-refractivity contribution in [2.45, 2.75) is 68.6 Å². The van der Waals surface area contributed by atoms with Gasteiger partial charge in [-0.25, -0.2) is 4.79 Å². The number of likely N-dealkylation sites (tertiary alicyclic amines) is 1. The first-order valence-corrected chi connectivity index (χ1v) is 15.4. The van der Waals surface area contributed by atoms with Gasteiger partial charge >= 0.3 is 12.3 Å². The molecule has 43 heavy (non-hydrogen) atoms. The van der Waals surface area contributed by atoms with E-state index in [1.807, 2.05) is 12.1 Å². The minimum atomic E-state index is -4.59. The monoisotopic (exact) mass is 632 g/mol. The molecule has 0 radical (unpaired) electrons. The Morgan fingerprint density at radius 3 is 2.91 bits per heavy atom. The molecule has 4 atom stereocenters. The molecule has 5 heterocycles. The molecule has 2 saturated heterocycles. The Bertz CT molecular complexity index is 1610. The molecule has 226 valence electrons. The highest BCUT2D eigenvalue weighted by molar-refractivity contribution is 7.13. The molecule has 1 aromatic heterocycles. The second-order valence-corrected chi connectivity index (χ2v) is 13.3. The van der Waals surface area contributed by atoms with E-state index >= 15 is 0 Å². The highest BCUT2D eigenvalue weighted by atomic mass is 35.5. The average Bonchev–Trinajstić information content (AvgIpc) is 3.65. The first-order valence-electron chi connectivity index (χ1n) is 14.2. The normalized spacial score (nSPS) is 28.1. The maximum atomic E-state index is 13.6. The number of carbonyl (C=O) groups is 2. The Morgan fingerprint density at radius 1 is 1.33 bits per heavy atom. The molecular formula is C30H28ClF3N4O4S. The largest absolute Gasteiger partial charge is 0.463 e. The van der Waals surface area contributed by atoms with Gasteiger partial charge in [0.05, 0.1) is 28.2 Å². The lowest BCUT2D eigenvalue weighted by Gasteiger charge is -2.50. The van der Waals surface area contributed by atoms with E-state index in [9.17, 15) is 22.8 Å². The van der Waals surface area contributed by atoms with E-state index in [0.29, 0.717) is 22.1 Å². The topological polar surface area (TPSA) is 74.7 Å². The molecule has 3 fully saturated rings. The van der Waals surface area contributed by atoms with Gasteiger partial charge in [0.2, 0.25) is 0 Å². The van der Waals surface area contributed by atoms with E-state index in [1.54, 1.807) is 6.07 Å². The Morgan fingerprint density at radius 2 is 2.16 bits per heavy atom. The van der Waals surface area contributed by atoms with Crippen molar-refractivity contribution in [1.29, 1.82) is 0 Å². The summed E-state index contributed by atoms with van der Waals surface area (Å²) in [6.45, 7) is 1.25. The first-order chi connectivity index (χ1) is 20.6. The number of likely N-dealkylation sites (N-methyl/N-ethyl adjacent to an activating group) is 1. The number of fused-ring (bicyclic) bond motifs is 2.